The zero-order valence-electron chi connectivity index (χ0n) is 14.2. The Morgan fingerprint density at radius 1 is 0.625 bits per heavy atom. The minimum Gasteiger partial charge on any atom is -0.0616 e. The van der Waals surface area contributed by atoms with E-state index in [9.17, 15) is 0 Å². The topological polar surface area (TPSA) is 0 Å². The van der Waals surface area contributed by atoms with Crippen molar-refractivity contribution >= 4 is 21.5 Å². The molecular weight excluding hydrogens is 288 g/mol. The molecule has 0 nitrogen and oxygen atoms in total. The maximum Gasteiger partial charge on any atom is 0.0371 e. The summed E-state index contributed by atoms with van der Waals surface area (Å²) < 4.78 is 0. The largest absolute Gasteiger partial charge is 0.0616 e. The zero-order valence-corrected chi connectivity index (χ0v) is 14.2. The number of rotatable bonds is 3. The average molecular weight is 309 g/mol. The summed E-state index contributed by atoms with van der Waals surface area (Å²) in [7, 11) is 0. The molecule has 0 fully saturated rings. The summed E-state index contributed by atoms with van der Waals surface area (Å²) in [5.74, 6) is 1.87. The molecule has 0 unspecified atom stereocenters. The van der Waals surface area contributed by atoms with E-state index >= 15 is 0 Å². The van der Waals surface area contributed by atoms with Crippen molar-refractivity contribution in [2.75, 3.05) is 0 Å². The summed E-state index contributed by atoms with van der Waals surface area (Å²) in [4.78, 5) is 0. The highest BCUT2D eigenvalue weighted by Crippen LogP contribution is 2.36. The molecule has 0 aliphatic rings. The van der Waals surface area contributed by atoms with Gasteiger partial charge in [0.25, 0.3) is 0 Å². The predicted octanol–water partition coefficient (Wildman–Crippen LogP) is 6.62. The third kappa shape index (κ3) is 2.59. The molecule has 0 bridgehead atoms. The van der Waals surface area contributed by atoms with Gasteiger partial charge in [0, 0.05) is 5.92 Å². The molecule has 0 amide bonds. The molecular formula is C24H21. The monoisotopic (exact) mass is 309 g/mol. The Morgan fingerprint density at radius 2 is 1.29 bits per heavy atom. The molecule has 1 radical (unpaired) electrons. The molecule has 0 aromatic heterocycles. The number of hydrogen-bond acceptors (Lipinski definition) is 0. The summed E-state index contributed by atoms with van der Waals surface area (Å²) in [5.41, 5.74) is 2.67. The highest BCUT2D eigenvalue weighted by molar-refractivity contribution is 5.89. The highest BCUT2D eigenvalue weighted by atomic mass is 14.2. The zero-order chi connectivity index (χ0) is 16.5. The molecule has 0 heteroatoms. The van der Waals surface area contributed by atoms with Crippen molar-refractivity contribution in [2.45, 2.75) is 13.8 Å². The lowest BCUT2D eigenvalue weighted by atomic mass is 9.80. The van der Waals surface area contributed by atoms with Gasteiger partial charge >= 0.3 is 0 Å². The minimum atomic E-state index is 0.456. The molecule has 0 heterocycles. The second kappa shape index (κ2) is 6.13. The summed E-state index contributed by atoms with van der Waals surface area (Å²) >= 11 is 0. The first-order valence-electron chi connectivity index (χ1n) is 8.58. The summed E-state index contributed by atoms with van der Waals surface area (Å²) in [6, 6.07) is 30.7. The van der Waals surface area contributed by atoms with E-state index in [0.29, 0.717) is 5.92 Å². The average Bonchev–Trinajstić information content (AvgIpc) is 2.62. The van der Waals surface area contributed by atoms with Crippen LogP contribution in [0, 0.1) is 11.8 Å². The molecule has 0 aliphatic carbocycles. The Morgan fingerprint density at radius 3 is 2.08 bits per heavy atom. The first-order valence-corrected chi connectivity index (χ1v) is 8.58. The van der Waals surface area contributed by atoms with Gasteiger partial charge in [-0.3, -0.25) is 0 Å². The van der Waals surface area contributed by atoms with Crippen LogP contribution in [0.15, 0.2) is 84.9 Å². The third-order valence-electron chi connectivity index (χ3n) is 4.72. The highest BCUT2D eigenvalue weighted by Gasteiger charge is 2.21. The second-order valence-electron chi connectivity index (χ2n) is 6.66. The van der Waals surface area contributed by atoms with Crippen molar-refractivity contribution in [3.8, 4) is 0 Å². The Labute approximate surface area is 143 Å². The molecule has 0 spiro atoms. The minimum absolute atomic E-state index is 0.456. The van der Waals surface area contributed by atoms with Gasteiger partial charge in [-0.15, -0.1) is 0 Å². The number of benzene rings is 4. The first-order chi connectivity index (χ1) is 11.7. The Hall–Kier alpha value is -2.60. The number of hydrogen-bond donors (Lipinski definition) is 0. The van der Waals surface area contributed by atoms with Crippen molar-refractivity contribution in [1.29, 1.82) is 0 Å². The van der Waals surface area contributed by atoms with Gasteiger partial charge in [0.2, 0.25) is 0 Å². The smallest absolute Gasteiger partial charge is 0.0371 e. The van der Waals surface area contributed by atoms with E-state index in [4.69, 9.17) is 0 Å². The van der Waals surface area contributed by atoms with Crippen molar-refractivity contribution < 1.29 is 0 Å². The quantitative estimate of drug-likeness (QED) is 0.399. The summed E-state index contributed by atoms with van der Waals surface area (Å²) in [5, 5.41) is 5.22. The van der Waals surface area contributed by atoms with Crippen molar-refractivity contribution in [1.82, 2.24) is 0 Å². The Balaban J connectivity index is 1.92. The molecule has 4 aromatic carbocycles. The fourth-order valence-electron chi connectivity index (χ4n) is 3.62. The van der Waals surface area contributed by atoms with Crippen LogP contribution in [0.2, 0.25) is 0 Å². The van der Waals surface area contributed by atoms with E-state index in [1.54, 1.807) is 0 Å². The van der Waals surface area contributed by atoms with Gasteiger partial charge in [-0.2, -0.15) is 0 Å². The lowest BCUT2D eigenvalue weighted by Crippen LogP contribution is -2.10. The van der Waals surface area contributed by atoms with Crippen LogP contribution in [0.1, 0.15) is 25.0 Å². The van der Waals surface area contributed by atoms with E-state index in [-0.39, 0.29) is 0 Å². The second-order valence-corrected chi connectivity index (χ2v) is 6.66. The van der Waals surface area contributed by atoms with E-state index in [2.05, 4.69) is 98.8 Å². The standard InChI is InChI=1S/C24H21/c1-17(2)24(21-15-14-18-8-3-4-10-20(18)16-21)23-13-7-11-19-9-5-6-12-22(19)23/h3-17H,1-2H3. The van der Waals surface area contributed by atoms with Crippen LogP contribution < -0.4 is 0 Å². The van der Waals surface area contributed by atoms with Crippen molar-refractivity contribution in [3.05, 3.63) is 102 Å². The molecule has 0 saturated heterocycles. The lowest BCUT2D eigenvalue weighted by Gasteiger charge is -2.23. The molecule has 4 rings (SSSR count). The van der Waals surface area contributed by atoms with Crippen LogP contribution in [0.25, 0.3) is 21.5 Å². The van der Waals surface area contributed by atoms with Crippen LogP contribution in [0.3, 0.4) is 0 Å². The Kier molecular flexibility index (Phi) is 3.82. The fraction of sp³-hybridized carbons (Fsp3) is 0.125. The van der Waals surface area contributed by atoms with Gasteiger partial charge in [-0.25, -0.2) is 0 Å². The lowest BCUT2D eigenvalue weighted by molar-refractivity contribution is 0.712. The fourth-order valence-corrected chi connectivity index (χ4v) is 3.62. The third-order valence-corrected chi connectivity index (χ3v) is 4.72. The maximum atomic E-state index is 2.33. The van der Waals surface area contributed by atoms with Crippen LogP contribution in [0.5, 0.6) is 0 Å². The van der Waals surface area contributed by atoms with Gasteiger partial charge in [0.05, 0.1) is 0 Å². The molecule has 24 heavy (non-hydrogen) atoms. The van der Waals surface area contributed by atoms with Gasteiger partial charge in [-0.1, -0.05) is 98.8 Å². The van der Waals surface area contributed by atoms with Crippen molar-refractivity contribution in [3.63, 3.8) is 0 Å². The predicted molar refractivity (Wildman–Crippen MR) is 104 cm³/mol. The maximum absolute atomic E-state index is 2.33. The Bertz CT molecular complexity index is 989. The molecule has 0 N–H and O–H groups in total. The molecule has 117 valence electrons. The van der Waals surface area contributed by atoms with E-state index in [1.807, 2.05) is 0 Å². The SMILES string of the molecule is CC(C)[C](c1ccc2ccccc2c1)c1cccc2ccccc12. The van der Waals surface area contributed by atoms with E-state index in [0.717, 1.165) is 0 Å². The molecule has 0 aliphatic heterocycles. The van der Waals surface area contributed by atoms with Crippen LogP contribution in [-0.4, -0.2) is 0 Å². The normalized spacial score (nSPS) is 11.7. The van der Waals surface area contributed by atoms with Gasteiger partial charge in [0.15, 0.2) is 0 Å². The molecule has 0 atom stereocenters. The number of fused-ring (bicyclic) bond motifs is 2. The van der Waals surface area contributed by atoms with Gasteiger partial charge in [-0.05, 0) is 38.6 Å². The summed E-state index contributed by atoms with van der Waals surface area (Å²) in [6.07, 6.45) is 0. The van der Waals surface area contributed by atoms with Crippen molar-refractivity contribution in [2.24, 2.45) is 5.92 Å². The molecule has 4 aromatic rings. The van der Waals surface area contributed by atoms with E-state index < -0.39 is 0 Å². The van der Waals surface area contributed by atoms with Gasteiger partial charge < -0.3 is 0 Å². The van der Waals surface area contributed by atoms with Crippen LogP contribution in [-0.2, 0) is 0 Å². The molecule has 0 saturated carbocycles. The van der Waals surface area contributed by atoms with Gasteiger partial charge in [0.1, 0.15) is 0 Å². The summed E-state index contributed by atoms with van der Waals surface area (Å²) in [6.45, 7) is 4.57. The first kappa shape index (κ1) is 15.0. The van der Waals surface area contributed by atoms with Crippen LogP contribution in [0.4, 0.5) is 0 Å². The van der Waals surface area contributed by atoms with E-state index in [1.165, 1.54) is 38.6 Å². The van der Waals surface area contributed by atoms with Crippen LogP contribution >= 0.6 is 0 Å².